The van der Waals surface area contributed by atoms with Crippen molar-refractivity contribution in [2.24, 2.45) is 17.6 Å². The summed E-state index contributed by atoms with van der Waals surface area (Å²) in [4.78, 5) is 11.7. The molecule has 1 saturated carbocycles. The zero-order valence-electron chi connectivity index (χ0n) is 9.87. The second-order valence-corrected chi connectivity index (χ2v) is 4.61. The average Bonchev–Trinajstić information content (AvgIpc) is 2.29. The van der Waals surface area contributed by atoms with Gasteiger partial charge in [0.1, 0.15) is 0 Å². The molecule has 0 aromatic heterocycles. The first kappa shape index (κ1) is 12.5. The second kappa shape index (κ2) is 6.11. The highest BCUT2D eigenvalue weighted by atomic mass is 16.5. The van der Waals surface area contributed by atoms with Crippen molar-refractivity contribution in [3.8, 4) is 0 Å². The molecule has 1 rings (SSSR count). The van der Waals surface area contributed by atoms with Crippen LogP contribution in [0.1, 0.15) is 46.0 Å². The van der Waals surface area contributed by atoms with Gasteiger partial charge in [0, 0.05) is 0 Å². The van der Waals surface area contributed by atoms with Crippen LogP contribution >= 0.6 is 0 Å². The van der Waals surface area contributed by atoms with Crippen molar-refractivity contribution in [1.29, 1.82) is 0 Å². The minimum Gasteiger partial charge on any atom is -0.462 e. The highest BCUT2D eigenvalue weighted by molar-refractivity contribution is 5.72. The van der Waals surface area contributed by atoms with E-state index in [2.05, 4.69) is 0 Å². The maximum Gasteiger partial charge on any atom is 0.309 e. The highest BCUT2D eigenvalue weighted by Crippen LogP contribution is 2.29. The smallest absolute Gasteiger partial charge is 0.309 e. The minimum atomic E-state index is -0.000165. The maximum atomic E-state index is 11.7. The minimum absolute atomic E-state index is 0.000165. The molecule has 1 aliphatic rings. The zero-order valence-corrected chi connectivity index (χ0v) is 9.87. The molecule has 0 aliphatic heterocycles. The molecule has 2 N–H and O–H groups in total. The Morgan fingerprint density at radius 1 is 1.40 bits per heavy atom. The van der Waals surface area contributed by atoms with Crippen molar-refractivity contribution in [1.82, 2.24) is 0 Å². The Morgan fingerprint density at radius 2 is 2.00 bits per heavy atom. The summed E-state index contributed by atoms with van der Waals surface area (Å²) in [6, 6.07) is 0. The van der Waals surface area contributed by atoms with Crippen molar-refractivity contribution >= 4 is 5.97 Å². The van der Waals surface area contributed by atoms with Crippen LogP contribution in [0, 0.1) is 11.8 Å². The lowest BCUT2D eigenvalue weighted by Crippen LogP contribution is -2.28. The summed E-state index contributed by atoms with van der Waals surface area (Å²) < 4.78 is 5.34. The van der Waals surface area contributed by atoms with Gasteiger partial charge in [0.05, 0.1) is 12.0 Å². The third-order valence-electron chi connectivity index (χ3n) is 3.41. The van der Waals surface area contributed by atoms with Crippen LogP contribution in [-0.4, -0.2) is 18.6 Å². The molecule has 3 heteroatoms. The van der Waals surface area contributed by atoms with E-state index in [1.807, 2.05) is 13.8 Å². The molecular weight excluding hydrogens is 190 g/mol. The van der Waals surface area contributed by atoms with Gasteiger partial charge < -0.3 is 10.5 Å². The standard InChI is InChI=1S/C12H23NO2/c1-3-9(2)15-12(14)11-6-4-10(8-13)5-7-11/h9-11H,3-8,13H2,1-2H3. The number of hydrogen-bond acceptors (Lipinski definition) is 3. The molecule has 88 valence electrons. The molecule has 0 bridgehead atoms. The van der Waals surface area contributed by atoms with Gasteiger partial charge in [-0.3, -0.25) is 4.79 Å². The summed E-state index contributed by atoms with van der Waals surface area (Å²) in [6.07, 6.45) is 5.02. The molecule has 0 heterocycles. The molecule has 0 radical (unpaired) electrons. The summed E-state index contributed by atoms with van der Waals surface area (Å²) in [6.45, 7) is 4.74. The van der Waals surface area contributed by atoms with Gasteiger partial charge in [-0.15, -0.1) is 0 Å². The van der Waals surface area contributed by atoms with Crippen LogP contribution in [0.25, 0.3) is 0 Å². The van der Waals surface area contributed by atoms with Crippen LogP contribution in [0.2, 0.25) is 0 Å². The monoisotopic (exact) mass is 213 g/mol. The lowest BCUT2D eigenvalue weighted by Gasteiger charge is -2.27. The Kier molecular flexibility index (Phi) is 5.09. The first-order chi connectivity index (χ1) is 7.17. The van der Waals surface area contributed by atoms with Gasteiger partial charge in [-0.05, 0) is 51.5 Å². The van der Waals surface area contributed by atoms with Crippen molar-refractivity contribution in [3.63, 3.8) is 0 Å². The van der Waals surface area contributed by atoms with Gasteiger partial charge in [-0.2, -0.15) is 0 Å². The average molecular weight is 213 g/mol. The first-order valence-electron chi connectivity index (χ1n) is 6.07. The Labute approximate surface area is 92.4 Å². The summed E-state index contributed by atoms with van der Waals surface area (Å²) in [5.74, 6) is 0.749. The zero-order chi connectivity index (χ0) is 11.3. The molecule has 1 fully saturated rings. The molecule has 3 nitrogen and oxygen atoms in total. The van der Waals surface area contributed by atoms with E-state index in [1.54, 1.807) is 0 Å². The van der Waals surface area contributed by atoms with Crippen molar-refractivity contribution in [2.45, 2.75) is 52.1 Å². The fraction of sp³-hybridized carbons (Fsp3) is 0.917. The van der Waals surface area contributed by atoms with Crippen LogP contribution in [0.4, 0.5) is 0 Å². The van der Waals surface area contributed by atoms with Gasteiger partial charge in [0.15, 0.2) is 0 Å². The first-order valence-corrected chi connectivity index (χ1v) is 6.07. The van der Waals surface area contributed by atoms with E-state index in [9.17, 15) is 4.79 Å². The predicted octanol–water partition coefficient (Wildman–Crippen LogP) is 2.09. The summed E-state index contributed by atoms with van der Waals surface area (Å²) in [5, 5.41) is 0. The number of rotatable bonds is 4. The van der Waals surface area contributed by atoms with Gasteiger partial charge in [0.2, 0.25) is 0 Å². The topological polar surface area (TPSA) is 52.3 Å². The van der Waals surface area contributed by atoms with E-state index in [-0.39, 0.29) is 18.0 Å². The largest absolute Gasteiger partial charge is 0.462 e. The quantitative estimate of drug-likeness (QED) is 0.727. The molecule has 0 aromatic carbocycles. The summed E-state index contributed by atoms with van der Waals surface area (Å²) >= 11 is 0. The lowest BCUT2D eigenvalue weighted by molar-refractivity contribution is -0.154. The molecule has 0 aromatic rings. The van der Waals surface area contributed by atoms with Crippen LogP contribution in [-0.2, 0) is 9.53 Å². The predicted molar refractivity (Wildman–Crippen MR) is 60.3 cm³/mol. The molecule has 0 spiro atoms. The number of ether oxygens (including phenoxy) is 1. The third kappa shape index (κ3) is 3.82. The normalized spacial score (nSPS) is 28.5. The molecule has 0 saturated heterocycles. The van der Waals surface area contributed by atoms with E-state index >= 15 is 0 Å². The van der Waals surface area contributed by atoms with Crippen molar-refractivity contribution < 1.29 is 9.53 Å². The molecule has 1 aliphatic carbocycles. The Morgan fingerprint density at radius 3 is 2.47 bits per heavy atom. The van der Waals surface area contributed by atoms with Gasteiger partial charge in [-0.1, -0.05) is 6.92 Å². The maximum absolute atomic E-state index is 11.7. The molecule has 0 amide bonds. The number of hydrogen-bond donors (Lipinski definition) is 1. The van der Waals surface area contributed by atoms with Gasteiger partial charge in [0.25, 0.3) is 0 Å². The van der Waals surface area contributed by atoms with E-state index in [0.29, 0.717) is 5.92 Å². The highest BCUT2D eigenvalue weighted by Gasteiger charge is 2.27. The number of carbonyl (C=O) groups excluding carboxylic acids is 1. The van der Waals surface area contributed by atoms with E-state index in [1.165, 1.54) is 0 Å². The summed E-state index contributed by atoms with van der Waals surface area (Å²) in [7, 11) is 0. The molecular formula is C12H23NO2. The SMILES string of the molecule is CCC(C)OC(=O)C1CCC(CN)CC1. The molecule has 1 unspecified atom stereocenters. The van der Waals surface area contributed by atoms with E-state index < -0.39 is 0 Å². The number of nitrogens with two attached hydrogens (primary N) is 1. The summed E-state index contributed by atoms with van der Waals surface area (Å²) in [5.41, 5.74) is 5.61. The Hall–Kier alpha value is -0.570. The number of carbonyl (C=O) groups is 1. The Bertz CT molecular complexity index is 198. The number of esters is 1. The van der Waals surface area contributed by atoms with Crippen molar-refractivity contribution in [3.05, 3.63) is 0 Å². The Balaban J connectivity index is 2.30. The fourth-order valence-electron chi connectivity index (χ4n) is 2.01. The lowest BCUT2D eigenvalue weighted by atomic mass is 9.82. The van der Waals surface area contributed by atoms with Crippen molar-refractivity contribution in [2.75, 3.05) is 6.54 Å². The molecule has 15 heavy (non-hydrogen) atoms. The van der Waals surface area contributed by atoms with Gasteiger partial charge >= 0.3 is 5.97 Å². The fourth-order valence-corrected chi connectivity index (χ4v) is 2.01. The van der Waals surface area contributed by atoms with E-state index in [0.717, 1.165) is 38.6 Å². The third-order valence-corrected chi connectivity index (χ3v) is 3.41. The van der Waals surface area contributed by atoms with E-state index in [4.69, 9.17) is 10.5 Å². The van der Waals surface area contributed by atoms with Crippen LogP contribution < -0.4 is 5.73 Å². The molecule has 1 atom stereocenters. The second-order valence-electron chi connectivity index (χ2n) is 4.61. The van der Waals surface area contributed by atoms with Crippen LogP contribution in [0.5, 0.6) is 0 Å². The van der Waals surface area contributed by atoms with Crippen LogP contribution in [0.15, 0.2) is 0 Å². The van der Waals surface area contributed by atoms with Crippen LogP contribution in [0.3, 0.4) is 0 Å². The van der Waals surface area contributed by atoms with Gasteiger partial charge in [-0.25, -0.2) is 0 Å².